The smallest absolute Gasteiger partial charge is 0.290 e. The highest BCUT2D eigenvalue weighted by atomic mass is 32.2. The van der Waals surface area contributed by atoms with E-state index >= 15 is 0 Å². The summed E-state index contributed by atoms with van der Waals surface area (Å²) in [6.07, 6.45) is 4.77. The van der Waals surface area contributed by atoms with Crippen molar-refractivity contribution in [2.24, 2.45) is 0 Å². The van der Waals surface area contributed by atoms with Crippen LogP contribution in [0.15, 0.2) is 40.3 Å². The lowest BCUT2D eigenvalue weighted by Gasteiger charge is -2.28. The van der Waals surface area contributed by atoms with Crippen molar-refractivity contribution in [3.8, 4) is 11.1 Å². The number of rotatable bonds is 3. The molecule has 0 spiro atoms. The van der Waals surface area contributed by atoms with Gasteiger partial charge >= 0.3 is 0 Å². The molecule has 2 amide bonds. The van der Waals surface area contributed by atoms with Crippen molar-refractivity contribution in [2.75, 3.05) is 31.1 Å². The van der Waals surface area contributed by atoms with Crippen molar-refractivity contribution in [2.45, 2.75) is 0 Å². The molecule has 2 saturated heterocycles. The zero-order valence-corrected chi connectivity index (χ0v) is 15.1. The average Bonchev–Trinajstić information content (AvgIpc) is 3.01. The van der Waals surface area contributed by atoms with E-state index in [0.717, 1.165) is 43.8 Å². The molecule has 138 valence electrons. The maximum absolute atomic E-state index is 12.3. The van der Waals surface area contributed by atoms with Crippen molar-refractivity contribution in [1.29, 1.82) is 0 Å². The average molecular weight is 383 g/mol. The van der Waals surface area contributed by atoms with Crippen molar-refractivity contribution >= 4 is 34.8 Å². The molecule has 0 aromatic carbocycles. The van der Waals surface area contributed by atoms with Gasteiger partial charge in [0.25, 0.3) is 16.7 Å². The number of anilines is 1. The number of nitrogens with one attached hydrogen (secondary N) is 3. The molecular weight excluding hydrogens is 366 g/mol. The number of H-pyrrole nitrogens is 1. The number of amides is 2. The predicted octanol–water partition coefficient (Wildman–Crippen LogP) is 1.17. The Balaban J connectivity index is 1.61. The lowest BCUT2D eigenvalue weighted by molar-refractivity contribution is -0.115. The quantitative estimate of drug-likeness (QED) is 0.683. The van der Waals surface area contributed by atoms with E-state index in [-0.39, 0.29) is 5.56 Å². The fourth-order valence-corrected chi connectivity index (χ4v) is 3.68. The second kappa shape index (κ2) is 7.37. The second-order valence-electron chi connectivity index (χ2n) is 6.17. The summed E-state index contributed by atoms with van der Waals surface area (Å²) in [5.41, 5.74) is 1.53. The Morgan fingerprint density at radius 1 is 1.15 bits per heavy atom. The van der Waals surface area contributed by atoms with E-state index in [9.17, 15) is 14.4 Å². The fraction of sp³-hybridized carbons (Fsp3) is 0.222. The van der Waals surface area contributed by atoms with Gasteiger partial charge < -0.3 is 15.2 Å². The normalized spacial score (nSPS) is 18.8. The first-order valence-electron chi connectivity index (χ1n) is 8.50. The summed E-state index contributed by atoms with van der Waals surface area (Å²) >= 11 is 0.839. The van der Waals surface area contributed by atoms with Gasteiger partial charge in [0.15, 0.2) is 0 Å². The summed E-state index contributed by atoms with van der Waals surface area (Å²) in [5.74, 6) is 0.451. The van der Waals surface area contributed by atoms with Crippen molar-refractivity contribution in [1.82, 2.24) is 20.6 Å². The van der Waals surface area contributed by atoms with Crippen LogP contribution < -0.4 is 21.1 Å². The number of imide groups is 1. The Morgan fingerprint density at radius 2 is 1.96 bits per heavy atom. The number of pyridine rings is 2. The number of carbonyl (C=O) groups is 2. The van der Waals surface area contributed by atoms with Crippen molar-refractivity contribution in [3.63, 3.8) is 0 Å². The molecule has 9 heteroatoms. The van der Waals surface area contributed by atoms with Crippen molar-refractivity contribution in [3.05, 3.63) is 51.4 Å². The number of hydrogen-bond donors (Lipinski definition) is 3. The van der Waals surface area contributed by atoms with Crippen LogP contribution in [-0.2, 0) is 4.79 Å². The summed E-state index contributed by atoms with van der Waals surface area (Å²) in [6.45, 7) is 3.64. The standard InChI is InChI=1S/C18H17N5O3S/c24-16-13(7-11(9-21-16)8-14-17(25)22-18(26)27-14)12-1-2-15(20-10-12)23-5-3-19-4-6-23/h1-2,7-10,19H,3-6H2,(H,21,24)(H,22,25,26)/b14-8+. The summed E-state index contributed by atoms with van der Waals surface area (Å²) in [4.78, 5) is 44.9. The van der Waals surface area contributed by atoms with Crippen LogP contribution in [0.3, 0.4) is 0 Å². The van der Waals surface area contributed by atoms with Gasteiger partial charge in [-0.2, -0.15) is 0 Å². The van der Waals surface area contributed by atoms with Gasteiger partial charge in [0.05, 0.1) is 4.91 Å². The molecule has 0 saturated carbocycles. The van der Waals surface area contributed by atoms with E-state index in [0.29, 0.717) is 21.6 Å². The molecule has 3 N–H and O–H groups in total. The molecule has 0 atom stereocenters. The number of nitrogens with zero attached hydrogens (tertiary/aromatic N) is 2. The van der Waals surface area contributed by atoms with Crippen LogP contribution in [0.4, 0.5) is 10.6 Å². The van der Waals surface area contributed by atoms with Gasteiger partial charge in [-0.1, -0.05) is 0 Å². The van der Waals surface area contributed by atoms with E-state index in [4.69, 9.17) is 0 Å². The number of aromatic amines is 1. The SMILES string of the molecule is O=C1NC(=O)/C(=C\c2c[nH]c(=O)c(-c3ccc(N4CCNCC4)nc3)c2)S1. The molecule has 2 aliphatic rings. The zero-order valence-electron chi connectivity index (χ0n) is 14.3. The van der Waals surface area contributed by atoms with Crippen LogP contribution >= 0.6 is 11.8 Å². The van der Waals surface area contributed by atoms with E-state index in [2.05, 4.69) is 25.5 Å². The molecule has 8 nitrogen and oxygen atoms in total. The molecule has 2 aliphatic heterocycles. The van der Waals surface area contributed by atoms with Crippen LogP contribution in [0.1, 0.15) is 5.56 Å². The number of aromatic nitrogens is 2. The van der Waals surface area contributed by atoms with Crippen LogP contribution in [0, 0.1) is 0 Å². The second-order valence-corrected chi connectivity index (χ2v) is 7.18. The molecule has 0 bridgehead atoms. The molecule has 27 heavy (non-hydrogen) atoms. The van der Waals surface area contributed by atoms with Crippen molar-refractivity contribution < 1.29 is 9.59 Å². The third-order valence-electron chi connectivity index (χ3n) is 4.37. The highest BCUT2D eigenvalue weighted by Crippen LogP contribution is 2.26. The van der Waals surface area contributed by atoms with Gasteiger partial charge in [-0.15, -0.1) is 0 Å². The minimum atomic E-state index is -0.431. The number of piperazine rings is 1. The number of carbonyl (C=O) groups excluding carboxylic acids is 2. The van der Waals surface area contributed by atoms with E-state index in [1.54, 1.807) is 18.3 Å². The maximum atomic E-state index is 12.3. The van der Waals surface area contributed by atoms with Gasteiger partial charge in [-0.25, -0.2) is 4.98 Å². The molecular formula is C18H17N5O3S. The van der Waals surface area contributed by atoms with Crippen LogP contribution in [0.5, 0.6) is 0 Å². The molecule has 0 aliphatic carbocycles. The molecule has 4 rings (SSSR count). The molecule has 0 radical (unpaired) electrons. The minimum absolute atomic E-state index is 0.242. The van der Waals surface area contributed by atoms with Gasteiger partial charge in [-0.05, 0) is 41.6 Å². The van der Waals surface area contributed by atoms with Gasteiger partial charge in [0.1, 0.15) is 5.82 Å². The minimum Gasteiger partial charge on any atom is -0.354 e. The first-order chi connectivity index (χ1) is 13.1. The molecule has 0 unspecified atom stereocenters. The Hall–Kier alpha value is -2.91. The van der Waals surface area contributed by atoms with E-state index in [1.165, 1.54) is 6.20 Å². The predicted molar refractivity (Wildman–Crippen MR) is 104 cm³/mol. The number of hydrogen-bond acceptors (Lipinski definition) is 7. The fourth-order valence-electron chi connectivity index (χ4n) is 3.00. The topological polar surface area (TPSA) is 107 Å². The van der Waals surface area contributed by atoms with Crippen LogP contribution in [0.25, 0.3) is 17.2 Å². The largest absolute Gasteiger partial charge is 0.354 e. The Labute approximate surface area is 159 Å². The Morgan fingerprint density at radius 3 is 2.63 bits per heavy atom. The van der Waals surface area contributed by atoms with Crippen LogP contribution in [-0.4, -0.2) is 47.3 Å². The van der Waals surface area contributed by atoms with Crippen LogP contribution in [0.2, 0.25) is 0 Å². The maximum Gasteiger partial charge on any atom is 0.290 e. The first-order valence-corrected chi connectivity index (χ1v) is 9.31. The lowest BCUT2D eigenvalue weighted by atomic mass is 10.1. The van der Waals surface area contributed by atoms with Gasteiger partial charge in [-0.3, -0.25) is 19.7 Å². The van der Waals surface area contributed by atoms with E-state index < -0.39 is 11.1 Å². The summed E-state index contributed by atoms with van der Waals surface area (Å²) in [6, 6.07) is 5.46. The summed E-state index contributed by atoms with van der Waals surface area (Å²) in [5, 5.41) is 5.11. The number of thioether (sulfide) groups is 1. The summed E-state index contributed by atoms with van der Waals surface area (Å²) < 4.78 is 0. The monoisotopic (exact) mass is 383 g/mol. The first kappa shape index (κ1) is 17.5. The van der Waals surface area contributed by atoms with E-state index in [1.807, 2.05) is 12.1 Å². The highest BCUT2D eigenvalue weighted by Gasteiger charge is 2.25. The van der Waals surface area contributed by atoms with Gasteiger partial charge in [0, 0.05) is 49.7 Å². The zero-order chi connectivity index (χ0) is 18.8. The van der Waals surface area contributed by atoms with Gasteiger partial charge in [0.2, 0.25) is 0 Å². The molecule has 2 aromatic heterocycles. The highest BCUT2D eigenvalue weighted by molar-refractivity contribution is 8.18. The molecule has 2 aromatic rings. The summed E-state index contributed by atoms with van der Waals surface area (Å²) in [7, 11) is 0. The lowest BCUT2D eigenvalue weighted by Crippen LogP contribution is -2.43. The molecule has 2 fully saturated rings. The third-order valence-corrected chi connectivity index (χ3v) is 5.18. The Kier molecular flexibility index (Phi) is 4.78. The molecule has 4 heterocycles. The third kappa shape index (κ3) is 3.79. The Bertz CT molecular complexity index is 977.